The molecule has 2 rings (SSSR count). The van der Waals surface area contributed by atoms with Gasteiger partial charge in [-0.15, -0.1) is 11.6 Å². The fourth-order valence-corrected chi connectivity index (χ4v) is 2.91. The third-order valence-electron chi connectivity index (χ3n) is 3.18. The van der Waals surface area contributed by atoms with Crippen molar-refractivity contribution in [1.82, 2.24) is 0 Å². The highest BCUT2D eigenvalue weighted by molar-refractivity contribution is 6.36. The molecule has 0 spiro atoms. The second-order valence-electron chi connectivity index (χ2n) is 4.80. The Balaban J connectivity index is 1.81. The standard InChI is InChI=1S/C17H17Cl3O/c18-12-14-10-15(19)11-16(20)17(14)21-9-5-4-8-13-6-2-1-3-7-13/h1-3,6-7,10-11H,4-5,8-9,12H2. The number of unbranched alkanes of at least 4 members (excludes halogenated alkanes) is 1. The van der Waals surface area contributed by atoms with Gasteiger partial charge in [0.2, 0.25) is 0 Å². The average molecular weight is 344 g/mol. The minimum atomic E-state index is 0.333. The predicted octanol–water partition coefficient (Wildman–Crippen LogP) is 6.13. The SMILES string of the molecule is ClCc1cc(Cl)cc(Cl)c1OCCCCc1ccccc1. The number of benzene rings is 2. The Bertz CT molecular complexity index is 570. The maximum atomic E-state index is 6.15. The molecule has 4 heteroatoms. The molecule has 0 aliphatic carbocycles. The Morgan fingerprint density at radius 3 is 2.43 bits per heavy atom. The van der Waals surface area contributed by atoms with E-state index in [9.17, 15) is 0 Å². The Kier molecular flexibility index (Phi) is 6.69. The first-order valence-corrected chi connectivity index (χ1v) is 8.20. The number of hydrogen-bond donors (Lipinski definition) is 0. The second kappa shape index (κ2) is 8.53. The van der Waals surface area contributed by atoms with Gasteiger partial charge in [-0.05, 0) is 37.0 Å². The molecule has 0 atom stereocenters. The second-order valence-corrected chi connectivity index (χ2v) is 5.91. The van der Waals surface area contributed by atoms with Gasteiger partial charge in [-0.1, -0.05) is 53.5 Å². The monoisotopic (exact) mass is 342 g/mol. The molecule has 2 aromatic rings. The van der Waals surface area contributed by atoms with Crippen LogP contribution in [0.3, 0.4) is 0 Å². The van der Waals surface area contributed by atoms with Crippen LogP contribution in [-0.4, -0.2) is 6.61 Å². The summed E-state index contributed by atoms with van der Waals surface area (Å²) >= 11 is 18.0. The zero-order chi connectivity index (χ0) is 15.1. The summed E-state index contributed by atoms with van der Waals surface area (Å²) in [5.41, 5.74) is 2.18. The van der Waals surface area contributed by atoms with Gasteiger partial charge in [0, 0.05) is 10.6 Å². The molecule has 0 N–H and O–H groups in total. The number of ether oxygens (including phenoxy) is 1. The lowest BCUT2D eigenvalue weighted by Crippen LogP contribution is -2.01. The van der Waals surface area contributed by atoms with Crippen molar-refractivity contribution in [1.29, 1.82) is 0 Å². The third-order valence-corrected chi connectivity index (χ3v) is 3.97. The van der Waals surface area contributed by atoms with Gasteiger partial charge in [0.15, 0.2) is 0 Å². The van der Waals surface area contributed by atoms with E-state index in [1.807, 2.05) is 6.07 Å². The molecule has 112 valence electrons. The molecule has 0 aliphatic rings. The van der Waals surface area contributed by atoms with Gasteiger partial charge in [-0.25, -0.2) is 0 Å². The summed E-state index contributed by atoms with van der Waals surface area (Å²) in [5, 5.41) is 1.09. The van der Waals surface area contributed by atoms with Gasteiger partial charge in [0.05, 0.1) is 17.5 Å². The van der Waals surface area contributed by atoms with E-state index in [1.54, 1.807) is 12.1 Å². The summed E-state index contributed by atoms with van der Waals surface area (Å²) in [7, 11) is 0. The van der Waals surface area contributed by atoms with Crippen LogP contribution in [-0.2, 0) is 12.3 Å². The van der Waals surface area contributed by atoms with Gasteiger partial charge in [0.1, 0.15) is 5.75 Å². The number of alkyl halides is 1. The molecule has 1 nitrogen and oxygen atoms in total. The smallest absolute Gasteiger partial charge is 0.142 e. The summed E-state index contributed by atoms with van der Waals surface area (Å²) < 4.78 is 5.78. The molecule has 0 fully saturated rings. The van der Waals surface area contributed by atoms with Gasteiger partial charge < -0.3 is 4.74 Å². The normalized spacial score (nSPS) is 10.6. The summed E-state index contributed by atoms with van der Waals surface area (Å²) in [6, 6.07) is 13.9. The molecule has 0 unspecified atom stereocenters. The van der Waals surface area contributed by atoms with Gasteiger partial charge in [0.25, 0.3) is 0 Å². The largest absolute Gasteiger partial charge is 0.492 e. The van der Waals surface area contributed by atoms with Crippen molar-refractivity contribution in [2.75, 3.05) is 6.61 Å². The lowest BCUT2D eigenvalue weighted by atomic mass is 10.1. The van der Waals surface area contributed by atoms with Crippen LogP contribution in [0, 0.1) is 0 Å². The fourth-order valence-electron chi connectivity index (χ4n) is 2.12. The van der Waals surface area contributed by atoms with Crippen LogP contribution in [0.5, 0.6) is 5.75 Å². The lowest BCUT2D eigenvalue weighted by Gasteiger charge is -2.12. The van der Waals surface area contributed by atoms with E-state index in [1.165, 1.54) is 5.56 Å². The molecular formula is C17H17Cl3O. The Morgan fingerprint density at radius 1 is 0.952 bits per heavy atom. The molecule has 0 radical (unpaired) electrons. The molecule has 0 heterocycles. The summed E-state index contributed by atoms with van der Waals surface area (Å²) in [4.78, 5) is 0. The number of rotatable bonds is 7. The molecule has 0 aromatic heterocycles. The van der Waals surface area contributed by atoms with Crippen molar-refractivity contribution in [3.8, 4) is 5.75 Å². The fraction of sp³-hybridized carbons (Fsp3) is 0.294. The van der Waals surface area contributed by atoms with Crippen LogP contribution >= 0.6 is 34.8 Å². The van der Waals surface area contributed by atoms with Crippen molar-refractivity contribution in [2.24, 2.45) is 0 Å². The van der Waals surface area contributed by atoms with Crippen LogP contribution in [0.2, 0.25) is 10.0 Å². The van der Waals surface area contributed by atoms with E-state index in [0.717, 1.165) is 24.8 Å². The van der Waals surface area contributed by atoms with Gasteiger partial charge in [-0.2, -0.15) is 0 Å². The molecule has 0 amide bonds. The van der Waals surface area contributed by atoms with Crippen molar-refractivity contribution < 1.29 is 4.74 Å². The highest BCUT2D eigenvalue weighted by Gasteiger charge is 2.10. The van der Waals surface area contributed by atoms with Crippen molar-refractivity contribution in [3.05, 3.63) is 63.6 Å². The third kappa shape index (κ3) is 5.10. The van der Waals surface area contributed by atoms with E-state index in [0.29, 0.717) is 28.3 Å². The number of halogens is 3. The molecule has 0 aliphatic heterocycles. The van der Waals surface area contributed by atoms with Crippen LogP contribution in [0.1, 0.15) is 24.0 Å². The first-order valence-electron chi connectivity index (χ1n) is 6.91. The maximum Gasteiger partial charge on any atom is 0.142 e. The highest BCUT2D eigenvalue weighted by atomic mass is 35.5. The first-order chi connectivity index (χ1) is 10.2. The summed E-state index contributed by atoms with van der Waals surface area (Å²) in [5.74, 6) is 0.982. The number of hydrogen-bond acceptors (Lipinski definition) is 1. The zero-order valence-electron chi connectivity index (χ0n) is 11.6. The molecule has 0 saturated carbocycles. The van der Waals surface area contributed by atoms with E-state index in [2.05, 4.69) is 24.3 Å². The van der Waals surface area contributed by atoms with E-state index in [-0.39, 0.29) is 0 Å². The Morgan fingerprint density at radius 2 is 1.71 bits per heavy atom. The Hall–Kier alpha value is -0.890. The van der Waals surface area contributed by atoms with Crippen LogP contribution in [0.4, 0.5) is 0 Å². The number of aryl methyl sites for hydroxylation is 1. The zero-order valence-corrected chi connectivity index (χ0v) is 13.9. The van der Waals surface area contributed by atoms with E-state index in [4.69, 9.17) is 39.5 Å². The van der Waals surface area contributed by atoms with Gasteiger partial charge >= 0.3 is 0 Å². The molecule has 0 saturated heterocycles. The van der Waals surface area contributed by atoms with E-state index >= 15 is 0 Å². The molecule has 21 heavy (non-hydrogen) atoms. The summed E-state index contributed by atoms with van der Waals surface area (Å²) in [6.07, 6.45) is 3.10. The van der Waals surface area contributed by atoms with Crippen LogP contribution in [0.15, 0.2) is 42.5 Å². The van der Waals surface area contributed by atoms with Crippen LogP contribution < -0.4 is 4.74 Å². The molecular weight excluding hydrogens is 327 g/mol. The molecule has 0 bridgehead atoms. The minimum absolute atomic E-state index is 0.333. The quantitative estimate of drug-likeness (QED) is 0.434. The predicted molar refractivity (Wildman–Crippen MR) is 90.9 cm³/mol. The van der Waals surface area contributed by atoms with Crippen molar-refractivity contribution in [3.63, 3.8) is 0 Å². The first kappa shape index (κ1) is 16.5. The minimum Gasteiger partial charge on any atom is -0.492 e. The van der Waals surface area contributed by atoms with Crippen molar-refractivity contribution in [2.45, 2.75) is 25.1 Å². The van der Waals surface area contributed by atoms with Gasteiger partial charge in [-0.3, -0.25) is 0 Å². The van der Waals surface area contributed by atoms with E-state index < -0.39 is 0 Å². The maximum absolute atomic E-state index is 6.15. The topological polar surface area (TPSA) is 9.23 Å². The van der Waals surface area contributed by atoms with Crippen LogP contribution in [0.25, 0.3) is 0 Å². The highest BCUT2D eigenvalue weighted by Crippen LogP contribution is 2.33. The Labute approximate surface area is 140 Å². The summed E-state index contributed by atoms with van der Waals surface area (Å²) in [6.45, 7) is 0.623. The molecule has 2 aromatic carbocycles. The lowest BCUT2D eigenvalue weighted by molar-refractivity contribution is 0.305. The average Bonchev–Trinajstić information content (AvgIpc) is 2.49. The van der Waals surface area contributed by atoms with Crippen molar-refractivity contribution >= 4 is 34.8 Å².